The van der Waals surface area contributed by atoms with Crippen molar-refractivity contribution in [3.05, 3.63) is 59.7 Å². The zero-order valence-electron chi connectivity index (χ0n) is 11.8. The lowest BCUT2D eigenvalue weighted by molar-refractivity contribution is 0.339. The molecular formula is C16H20N2O2. The van der Waals surface area contributed by atoms with E-state index in [1.54, 1.807) is 7.11 Å². The van der Waals surface area contributed by atoms with Gasteiger partial charge in [0.25, 0.3) is 0 Å². The summed E-state index contributed by atoms with van der Waals surface area (Å²) in [7, 11) is 1.65. The summed E-state index contributed by atoms with van der Waals surface area (Å²) in [6.45, 7) is 2.61. The van der Waals surface area contributed by atoms with Crippen molar-refractivity contribution in [1.29, 1.82) is 0 Å². The number of rotatable bonds is 6. The van der Waals surface area contributed by atoms with Crippen LogP contribution in [0.15, 0.2) is 48.5 Å². The summed E-state index contributed by atoms with van der Waals surface area (Å²) in [5.74, 6) is 7.37. The van der Waals surface area contributed by atoms with Crippen LogP contribution in [0.1, 0.15) is 24.1 Å². The standard InChI is InChI=1S/C16H20N2O2/c1-3-20-15-9-5-7-13(11-15)16(18-17)12-6-4-8-14(10-12)19-2/h4-11,16,18H,3,17H2,1-2H3. The van der Waals surface area contributed by atoms with E-state index in [0.29, 0.717) is 6.61 Å². The van der Waals surface area contributed by atoms with Gasteiger partial charge >= 0.3 is 0 Å². The number of hydrogen-bond donors (Lipinski definition) is 2. The number of nitrogens with one attached hydrogen (secondary N) is 1. The predicted molar refractivity (Wildman–Crippen MR) is 79.8 cm³/mol. The predicted octanol–water partition coefficient (Wildman–Crippen LogP) is 2.65. The van der Waals surface area contributed by atoms with Gasteiger partial charge in [-0.25, -0.2) is 5.43 Å². The van der Waals surface area contributed by atoms with Crippen LogP contribution < -0.4 is 20.7 Å². The van der Waals surface area contributed by atoms with E-state index in [4.69, 9.17) is 15.3 Å². The molecule has 0 amide bonds. The quantitative estimate of drug-likeness (QED) is 0.627. The van der Waals surface area contributed by atoms with Gasteiger partial charge in [0.1, 0.15) is 11.5 Å². The molecule has 0 saturated heterocycles. The maximum absolute atomic E-state index is 5.72. The average molecular weight is 272 g/mol. The molecule has 0 spiro atoms. The Morgan fingerprint density at radius 3 is 2.20 bits per heavy atom. The third-order valence-corrected chi connectivity index (χ3v) is 3.10. The molecule has 0 aromatic heterocycles. The third-order valence-electron chi connectivity index (χ3n) is 3.10. The first-order valence-corrected chi connectivity index (χ1v) is 6.61. The molecule has 1 atom stereocenters. The van der Waals surface area contributed by atoms with E-state index in [2.05, 4.69) is 5.43 Å². The van der Waals surface area contributed by atoms with Gasteiger partial charge in [0.05, 0.1) is 19.8 Å². The third kappa shape index (κ3) is 3.29. The van der Waals surface area contributed by atoms with Gasteiger partial charge in [0.2, 0.25) is 0 Å². The molecule has 1 unspecified atom stereocenters. The molecule has 4 nitrogen and oxygen atoms in total. The number of benzene rings is 2. The van der Waals surface area contributed by atoms with Crippen molar-refractivity contribution in [3.8, 4) is 11.5 Å². The number of hydrogen-bond acceptors (Lipinski definition) is 4. The van der Waals surface area contributed by atoms with Crippen molar-refractivity contribution in [1.82, 2.24) is 5.43 Å². The fourth-order valence-corrected chi connectivity index (χ4v) is 2.16. The van der Waals surface area contributed by atoms with Crippen LogP contribution in [0.25, 0.3) is 0 Å². The lowest BCUT2D eigenvalue weighted by Crippen LogP contribution is -2.28. The summed E-state index contributed by atoms with van der Waals surface area (Å²) in [5.41, 5.74) is 4.93. The largest absolute Gasteiger partial charge is 0.497 e. The van der Waals surface area contributed by atoms with Crippen LogP contribution >= 0.6 is 0 Å². The molecule has 0 aliphatic rings. The molecule has 2 aromatic carbocycles. The lowest BCUT2D eigenvalue weighted by Gasteiger charge is -2.18. The van der Waals surface area contributed by atoms with Crippen molar-refractivity contribution in [2.75, 3.05) is 13.7 Å². The first kappa shape index (κ1) is 14.4. The van der Waals surface area contributed by atoms with Crippen molar-refractivity contribution < 1.29 is 9.47 Å². The first-order valence-electron chi connectivity index (χ1n) is 6.61. The Morgan fingerprint density at radius 1 is 1.05 bits per heavy atom. The normalized spacial score (nSPS) is 11.9. The van der Waals surface area contributed by atoms with Crippen LogP contribution in [-0.2, 0) is 0 Å². The minimum atomic E-state index is -0.106. The van der Waals surface area contributed by atoms with Gasteiger partial charge in [-0.15, -0.1) is 0 Å². The van der Waals surface area contributed by atoms with Gasteiger partial charge in [-0.1, -0.05) is 24.3 Å². The van der Waals surface area contributed by atoms with Crippen LogP contribution in [0.2, 0.25) is 0 Å². The molecule has 0 fully saturated rings. The minimum Gasteiger partial charge on any atom is -0.497 e. The summed E-state index contributed by atoms with van der Waals surface area (Å²) in [6, 6.07) is 15.7. The molecular weight excluding hydrogens is 252 g/mol. The fraction of sp³-hybridized carbons (Fsp3) is 0.250. The van der Waals surface area contributed by atoms with Crippen LogP contribution in [-0.4, -0.2) is 13.7 Å². The summed E-state index contributed by atoms with van der Waals surface area (Å²) < 4.78 is 10.8. The monoisotopic (exact) mass is 272 g/mol. The zero-order chi connectivity index (χ0) is 14.4. The Labute approximate surface area is 119 Å². The Kier molecular flexibility index (Phi) is 4.98. The van der Waals surface area contributed by atoms with E-state index >= 15 is 0 Å². The van der Waals surface area contributed by atoms with E-state index in [1.807, 2.05) is 55.5 Å². The molecule has 0 bridgehead atoms. The summed E-state index contributed by atoms with van der Waals surface area (Å²) in [6.07, 6.45) is 0. The molecule has 2 aromatic rings. The van der Waals surface area contributed by atoms with Crippen LogP contribution in [0, 0.1) is 0 Å². The smallest absolute Gasteiger partial charge is 0.119 e. The second-order valence-corrected chi connectivity index (χ2v) is 4.38. The van der Waals surface area contributed by atoms with Gasteiger partial charge in [-0.2, -0.15) is 0 Å². The Bertz CT molecular complexity index is 558. The van der Waals surface area contributed by atoms with E-state index in [9.17, 15) is 0 Å². The van der Waals surface area contributed by atoms with Crippen molar-refractivity contribution in [3.63, 3.8) is 0 Å². The molecule has 0 aliphatic heterocycles. The fourth-order valence-electron chi connectivity index (χ4n) is 2.16. The average Bonchev–Trinajstić information content (AvgIpc) is 2.49. The van der Waals surface area contributed by atoms with Crippen molar-refractivity contribution in [2.45, 2.75) is 13.0 Å². The Balaban J connectivity index is 2.33. The lowest BCUT2D eigenvalue weighted by atomic mass is 9.99. The van der Waals surface area contributed by atoms with Crippen LogP contribution in [0.3, 0.4) is 0 Å². The maximum Gasteiger partial charge on any atom is 0.119 e. The number of methoxy groups -OCH3 is 1. The molecule has 106 valence electrons. The summed E-state index contributed by atoms with van der Waals surface area (Å²) >= 11 is 0. The van der Waals surface area contributed by atoms with Gasteiger partial charge < -0.3 is 9.47 Å². The van der Waals surface area contributed by atoms with Gasteiger partial charge in [-0.3, -0.25) is 5.84 Å². The van der Waals surface area contributed by atoms with Gasteiger partial charge in [-0.05, 0) is 42.3 Å². The highest BCUT2D eigenvalue weighted by Crippen LogP contribution is 2.26. The SMILES string of the molecule is CCOc1cccc(C(NN)c2cccc(OC)c2)c1. The summed E-state index contributed by atoms with van der Waals surface area (Å²) in [4.78, 5) is 0. The molecule has 2 rings (SSSR count). The second kappa shape index (κ2) is 6.93. The van der Waals surface area contributed by atoms with E-state index in [-0.39, 0.29) is 6.04 Å². The maximum atomic E-state index is 5.72. The number of hydrazine groups is 1. The second-order valence-electron chi connectivity index (χ2n) is 4.38. The molecule has 0 saturated carbocycles. The number of ether oxygens (including phenoxy) is 2. The number of nitrogens with two attached hydrogens (primary N) is 1. The van der Waals surface area contributed by atoms with Gasteiger partial charge in [0, 0.05) is 0 Å². The molecule has 0 aliphatic carbocycles. The van der Waals surface area contributed by atoms with E-state index in [0.717, 1.165) is 22.6 Å². The highest BCUT2D eigenvalue weighted by atomic mass is 16.5. The molecule has 0 radical (unpaired) electrons. The van der Waals surface area contributed by atoms with Crippen LogP contribution in [0.4, 0.5) is 0 Å². The first-order chi connectivity index (χ1) is 9.78. The van der Waals surface area contributed by atoms with Crippen LogP contribution in [0.5, 0.6) is 11.5 Å². The van der Waals surface area contributed by atoms with E-state index in [1.165, 1.54) is 0 Å². The molecule has 4 heteroatoms. The van der Waals surface area contributed by atoms with E-state index < -0.39 is 0 Å². The Hall–Kier alpha value is -2.04. The Morgan fingerprint density at radius 2 is 1.65 bits per heavy atom. The van der Waals surface area contributed by atoms with Gasteiger partial charge in [0.15, 0.2) is 0 Å². The summed E-state index contributed by atoms with van der Waals surface area (Å²) in [5, 5.41) is 0. The topological polar surface area (TPSA) is 56.5 Å². The molecule has 3 N–H and O–H groups in total. The highest BCUT2D eigenvalue weighted by Gasteiger charge is 2.13. The van der Waals surface area contributed by atoms with Crippen molar-refractivity contribution in [2.24, 2.45) is 5.84 Å². The zero-order valence-corrected chi connectivity index (χ0v) is 11.8. The minimum absolute atomic E-state index is 0.106. The molecule has 20 heavy (non-hydrogen) atoms. The highest BCUT2D eigenvalue weighted by molar-refractivity contribution is 5.39. The molecule has 0 heterocycles. The van der Waals surface area contributed by atoms with Crippen molar-refractivity contribution >= 4 is 0 Å².